The number of hydrogen-bond donors (Lipinski definition) is 3. The van der Waals surface area contributed by atoms with Crippen molar-refractivity contribution in [3.63, 3.8) is 0 Å². The van der Waals surface area contributed by atoms with Gasteiger partial charge in [0.25, 0.3) is 0 Å². The number of aromatic hydroxyl groups is 1. The van der Waals surface area contributed by atoms with Crippen LogP contribution < -0.4 is 10.6 Å². The Morgan fingerprint density at radius 1 is 1.06 bits per heavy atom. The molecule has 1 heterocycles. The van der Waals surface area contributed by atoms with Crippen molar-refractivity contribution in [3.8, 4) is 11.4 Å². The molecule has 32 heavy (non-hydrogen) atoms. The van der Waals surface area contributed by atoms with Gasteiger partial charge >= 0.3 is 11.8 Å². The highest BCUT2D eigenvalue weighted by Gasteiger charge is 2.24. The largest absolute Gasteiger partial charge is 0.505 e. The van der Waals surface area contributed by atoms with E-state index in [0.717, 1.165) is 31.2 Å². The zero-order valence-corrected chi connectivity index (χ0v) is 19.1. The van der Waals surface area contributed by atoms with Gasteiger partial charge in [-0.3, -0.25) is 9.59 Å². The second-order valence-corrected chi connectivity index (χ2v) is 8.75. The van der Waals surface area contributed by atoms with Crippen molar-refractivity contribution < 1.29 is 14.7 Å². The molecule has 0 saturated carbocycles. The van der Waals surface area contributed by atoms with Crippen molar-refractivity contribution in [2.45, 2.75) is 65.5 Å². The van der Waals surface area contributed by atoms with Crippen molar-refractivity contribution in [1.82, 2.24) is 25.6 Å². The number of unbranched alkanes of at least 4 members (excludes halogenated alkanes) is 2. The Morgan fingerprint density at radius 2 is 1.72 bits per heavy atom. The van der Waals surface area contributed by atoms with Crippen molar-refractivity contribution in [3.05, 3.63) is 47.5 Å². The van der Waals surface area contributed by atoms with Gasteiger partial charge in [0.1, 0.15) is 22.5 Å². The van der Waals surface area contributed by atoms with Gasteiger partial charge < -0.3 is 15.7 Å². The van der Waals surface area contributed by atoms with E-state index in [4.69, 9.17) is 0 Å². The van der Waals surface area contributed by atoms with Gasteiger partial charge in [0.2, 0.25) is 0 Å². The summed E-state index contributed by atoms with van der Waals surface area (Å²) in [5.74, 6) is -1.46. The van der Waals surface area contributed by atoms with E-state index in [1.54, 1.807) is 12.1 Å². The molecule has 0 aliphatic carbocycles. The summed E-state index contributed by atoms with van der Waals surface area (Å²) in [6, 6.07) is 11.0. The van der Waals surface area contributed by atoms with Crippen LogP contribution in [0.5, 0.6) is 5.75 Å². The van der Waals surface area contributed by atoms with E-state index in [2.05, 4.69) is 27.8 Å². The van der Waals surface area contributed by atoms with Gasteiger partial charge in [0.05, 0.1) is 0 Å². The van der Waals surface area contributed by atoms with Gasteiger partial charge in [0, 0.05) is 17.6 Å². The minimum Gasteiger partial charge on any atom is -0.505 e. The van der Waals surface area contributed by atoms with Crippen LogP contribution in [-0.2, 0) is 16.1 Å². The van der Waals surface area contributed by atoms with Crippen LogP contribution in [0.2, 0.25) is 0 Å². The van der Waals surface area contributed by atoms with Crippen molar-refractivity contribution in [2.24, 2.45) is 0 Å². The van der Waals surface area contributed by atoms with E-state index in [9.17, 15) is 14.7 Å². The molecule has 3 rings (SSSR count). The molecule has 170 valence electrons. The first-order chi connectivity index (χ1) is 15.2. The van der Waals surface area contributed by atoms with E-state index in [1.807, 2.05) is 45.0 Å². The lowest BCUT2D eigenvalue weighted by atomic mass is 9.96. The lowest BCUT2D eigenvalue weighted by molar-refractivity contribution is -0.140. The number of aromatic nitrogens is 3. The summed E-state index contributed by atoms with van der Waals surface area (Å²) in [5.41, 5.74) is 2.71. The Bertz CT molecular complexity index is 1090. The van der Waals surface area contributed by atoms with Crippen LogP contribution in [0, 0.1) is 6.92 Å². The number of amides is 2. The van der Waals surface area contributed by atoms with Crippen LogP contribution in [0.25, 0.3) is 16.7 Å². The predicted octanol–water partition coefficient (Wildman–Crippen LogP) is 3.53. The number of fused-ring (bicyclic) bond motifs is 1. The first kappa shape index (κ1) is 23.2. The number of nitrogens with one attached hydrogen (secondary N) is 2. The molecule has 0 aliphatic heterocycles. The lowest BCUT2D eigenvalue weighted by Gasteiger charge is -2.26. The number of phenolic OH excluding ortho intramolecular Hbond substituents is 1. The number of nitrogens with zero attached hydrogens (tertiary/aromatic N) is 3. The number of hydrogen-bond acceptors (Lipinski definition) is 5. The molecular formula is C24H31N5O3. The zero-order valence-electron chi connectivity index (χ0n) is 19.1. The third-order valence-electron chi connectivity index (χ3n) is 5.32. The summed E-state index contributed by atoms with van der Waals surface area (Å²) in [5, 5.41) is 25.0. The van der Waals surface area contributed by atoms with E-state index in [1.165, 1.54) is 4.80 Å². The van der Waals surface area contributed by atoms with Crippen molar-refractivity contribution in [2.75, 3.05) is 0 Å². The maximum absolute atomic E-state index is 12.4. The molecule has 2 aromatic carbocycles. The van der Waals surface area contributed by atoms with E-state index >= 15 is 0 Å². The molecule has 0 radical (unpaired) electrons. The van der Waals surface area contributed by atoms with Crippen LogP contribution >= 0.6 is 0 Å². The number of benzene rings is 2. The fraction of sp³-hybridized carbons (Fsp3) is 0.417. The second-order valence-electron chi connectivity index (χ2n) is 8.75. The highest BCUT2D eigenvalue weighted by atomic mass is 16.3. The summed E-state index contributed by atoms with van der Waals surface area (Å²) >= 11 is 0. The predicted molar refractivity (Wildman–Crippen MR) is 123 cm³/mol. The van der Waals surface area contributed by atoms with Gasteiger partial charge in [-0.1, -0.05) is 44.4 Å². The summed E-state index contributed by atoms with van der Waals surface area (Å²) in [7, 11) is 0. The summed E-state index contributed by atoms with van der Waals surface area (Å²) in [4.78, 5) is 26.1. The molecule has 1 aromatic heterocycles. The molecule has 3 N–H and O–H groups in total. The maximum atomic E-state index is 12.4. The average Bonchev–Trinajstić information content (AvgIpc) is 3.17. The first-order valence-electron chi connectivity index (χ1n) is 11.0. The van der Waals surface area contributed by atoms with Crippen LogP contribution in [0.4, 0.5) is 0 Å². The van der Waals surface area contributed by atoms with Crippen molar-refractivity contribution >= 4 is 22.8 Å². The molecule has 0 spiro atoms. The number of carbonyl (C=O) groups excluding carboxylic acids is 2. The Hall–Kier alpha value is -3.42. The first-order valence-corrected chi connectivity index (χ1v) is 11.0. The van der Waals surface area contributed by atoms with Crippen LogP contribution in [0.3, 0.4) is 0 Å². The third kappa shape index (κ3) is 5.63. The molecule has 0 aliphatic rings. The topological polar surface area (TPSA) is 109 Å². The number of carbonyl (C=O) groups is 2. The highest BCUT2D eigenvalue weighted by molar-refractivity contribution is 6.35. The van der Waals surface area contributed by atoms with Gasteiger partial charge in [-0.05, 0) is 51.0 Å². The Morgan fingerprint density at radius 3 is 2.34 bits per heavy atom. The second kappa shape index (κ2) is 9.80. The molecular weight excluding hydrogens is 406 g/mol. The SMILES string of the molecule is CCCCCC(C)(C)NC(=O)C(=O)NCc1cc(C)cc(-n2nc3ccccc3n2)c1O. The maximum Gasteiger partial charge on any atom is 0.309 e. The summed E-state index contributed by atoms with van der Waals surface area (Å²) < 4.78 is 0. The van der Waals surface area contributed by atoms with E-state index in [-0.39, 0.29) is 12.3 Å². The molecule has 0 atom stereocenters. The molecule has 0 fully saturated rings. The molecule has 0 saturated heterocycles. The van der Waals surface area contributed by atoms with Crippen LogP contribution in [0.1, 0.15) is 57.6 Å². The standard InChI is InChI=1S/C24H31N5O3/c1-5-6-9-12-24(3,4)26-23(32)22(31)25-15-17-13-16(2)14-20(21(17)30)29-27-18-10-7-8-11-19(18)28-29/h7-8,10-11,13-14,30H,5-6,9,12,15H2,1-4H3,(H,25,31)(H,26,32). The smallest absolute Gasteiger partial charge is 0.309 e. The minimum absolute atomic E-state index is 0.00379. The Balaban J connectivity index is 1.70. The summed E-state index contributed by atoms with van der Waals surface area (Å²) in [6.45, 7) is 7.82. The average molecular weight is 438 g/mol. The van der Waals surface area contributed by atoms with Crippen LogP contribution in [0.15, 0.2) is 36.4 Å². The molecule has 2 amide bonds. The van der Waals surface area contributed by atoms with Gasteiger partial charge in [-0.2, -0.15) is 0 Å². The van der Waals surface area contributed by atoms with E-state index < -0.39 is 17.4 Å². The zero-order chi connectivity index (χ0) is 23.3. The number of rotatable bonds is 8. The molecule has 8 heteroatoms. The Kier molecular flexibility index (Phi) is 7.12. The highest BCUT2D eigenvalue weighted by Crippen LogP contribution is 2.28. The summed E-state index contributed by atoms with van der Waals surface area (Å²) in [6.07, 6.45) is 3.96. The minimum atomic E-state index is -0.737. The quantitative estimate of drug-likeness (QED) is 0.369. The number of phenols is 1. The molecule has 3 aromatic rings. The molecule has 0 unspecified atom stereocenters. The van der Waals surface area contributed by atoms with Crippen LogP contribution in [-0.4, -0.2) is 37.5 Å². The number of aryl methyl sites for hydroxylation is 1. The van der Waals surface area contributed by atoms with Gasteiger partial charge in [0.15, 0.2) is 0 Å². The normalized spacial score (nSPS) is 11.5. The molecule has 0 bridgehead atoms. The fourth-order valence-corrected chi connectivity index (χ4v) is 3.59. The third-order valence-corrected chi connectivity index (χ3v) is 5.32. The monoisotopic (exact) mass is 437 g/mol. The molecule has 8 nitrogen and oxygen atoms in total. The van der Waals surface area contributed by atoms with Gasteiger partial charge in [-0.25, -0.2) is 0 Å². The van der Waals surface area contributed by atoms with Gasteiger partial charge in [-0.15, -0.1) is 15.0 Å². The fourth-order valence-electron chi connectivity index (χ4n) is 3.59. The van der Waals surface area contributed by atoms with Crippen molar-refractivity contribution in [1.29, 1.82) is 0 Å². The Labute approximate surface area is 188 Å². The lowest BCUT2D eigenvalue weighted by Crippen LogP contribution is -2.49. The van der Waals surface area contributed by atoms with E-state index in [0.29, 0.717) is 22.3 Å².